The molecule has 0 unspecified atom stereocenters. The van der Waals surface area contributed by atoms with Crippen molar-refractivity contribution in [3.05, 3.63) is 12.1 Å². The molecule has 0 saturated heterocycles. The van der Waals surface area contributed by atoms with Crippen molar-refractivity contribution in [2.75, 3.05) is 33.0 Å². The molecule has 0 aliphatic rings. The number of nitrogens with two attached hydrogens (primary N) is 1. The van der Waals surface area contributed by atoms with Gasteiger partial charge in [-0.05, 0) is 6.07 Å². The Morgan fingerprint density at radius 1 is 1.16 bits per heavy atom. The third-order valence-electron chi connectivity index (χ3n) is 2.82. The summed E-state index contributed by atoms with van der Waals surface area (Å²) in [5, 5.41) is 0. The summed E-state index contributed by atoms with van der Waals surface area (Å²) in [5.41, 5.74) is 6.03. The zero-order chi connectivity index (χ0) is 14.6. The van der Waals surface area contributed by atoms with Gasteiger partial charge in [-0.1, -0.05) is 13.8 Å². The Balaban J connectivity index is 3.40. The van der Waals surface area contributed by atoms with Gasteiger partial charge in [0, 0.05) is 19.2 Å². The van der Waals surface area contributed by atoms with E-state index in [1.807, 2.05) is 0 Å². The van der Waals surface area contributed by atoms with Crippen LogP contribution < -0.4 is 15.2 Å². The maximum atomic E-state index is 12.4. The monoisotopic (exact) mass is 288 g/mol. The minimum Gasteiger partial charge on any atom is -0.493 e. The van der Waals surface area contributed by atoms with E-state index >= 15 is 0 Å². The first-order valence-corrected chi connectivity index (χ1v) is 7.37. The maximum Gasteiger partial charge on any atom is 0.243 e. The lowest BCUT2D eigenvalue weighted by Gasteiger charge is -2.20. The molecule has 0 fully saturated rings. The number of rotatable bonds is 6. The van der Waals surface area contributed by atoms with Gasteiger partial charge in [0.05, 0.1) is 24.8 Å². The lowest BCUT2D eigenvalue weighted by molar-refractivity contribution is 0.355. The van der Waals surface area contributed by atoms with Gasteiger partial charge in [-0.25, -0.2) is 8.42 Å². The van der Waals surface area contributed by atoms with E-state index in [9.17, 15) is 8.42 Å². The molecular formula is C12H20N2O4S. The number of benzene rings is 1. The number of sulfonamides is 1. The Bertz CT molecular complexity index is 539. The molecule has 0 spiro atoms. The lowest BCUT2D eigenvalue weighted by atomic mass is 10.3. The quantitative estimate of drug-likeness (QED) is 0.798. The van der Waals surface area contributed by atoms with Crippen LogP contribution in [-0.2, 0) is 10.0 Å². The molecule has 108 valence electrons. The van der Waals surface area contributed by atoms with Crippen molar-refractivity contribution in [2.24, 2.45) is 0 Å². The third kappa shape index (κ3) is 2.93. The average molecular weight is 288 g/mol. The highest BCUT2D eigenvalue weighted by atomic mass is 32.2. The molecule has 6 nitrogen and oxygen atoms in total. The Morgan fingerprint density at radius 2 is 1.74 bits per heavy atom. The number of anilines is 1. The fourth-order valence-corrected chi connectivity index (χ4v) is 3.34. The van der Waals surface area contributed by atoms with E-state index in [1.165, 1.54) is 30.7 Å². The largest absolute Gasteiger partial charge is 0.493 e. The molecule has 0 aliphatic carbocycles. The molecule has 0 bridgehead atoms. The first-order chi connectivity index (χ1) is 8.92. The van der Waals surface area contributed by atoms with Crippen LogP contribution >= 0.6 is 0 Å². The summed E-state index contributed by atoms with van der Waals surface area (Å²) >= 11 is 0. The van der Waals surface area contributed by atoms with Gasteiger partial charge in [0.1, 0.15) is 0 Å². The first kappa shape index (κ1) is 15.6. The van der Waals surface area contributed by atoms with E-state index in [0.29, 0.717) is 24.6 Å². The zero-order valence-electron chi connectivity index (χ0n) is 11.6. The smallest absolute Gasteiger partial charge is 0.243 e. The molecule has 0 aliphatic heterocycles. The maximum absolute atomic E-state index is 12.4. The third-order valence-corrected chi connectivity index (χ3v) is 4.85. The summed E-state index contributed by atoms with van der Waals surface area (Å²) in [6, 6.07) is 2.80. The molecule has 0 radical (unpaired) electrons. The second-order valence-electron chi connectivity index (χ2n) is 3.84. The SMILES string of the molecule is CCN(CC)S(=O)(=O)c1cc(N)c(OC)c(OC)c1. The summed E-state index contributed by atoms with van der Waals surface area (Å²) < 4.78 is 36.3. The van der Waals surface area contributed by atoms with Crippen LogP contribution in [0.25, 0.3) is 0 Å². The summed E-state index contributed by atoms with van der Waals surface area (Å²) in [5.74, 6) is 0.634. The van der Waals surface area contributed by atoms with Crippen molar-refractivity contribution in [3.8, 4) is 11.5 Å². The second kappa shape index (κ2) is 6.12. The number of methoxy groups -OCH3 is 2. The van der Waals surface area contributed by atoms with Gasteiger partial charge in [-0.3, -0.25) is 0 Å². The van der Waals surface area contributed by atoms with Crippen LogP contribution in [0.3, 0.4) is 0 Å². The molecule has 0 amide bonds. The standard InChI is InChI=1S/C12H20N2O4S/c1-5-14(6-2)19(15,16)9-7-10(13)12(18-4)11(8-9)17-3/h7-8H,5-6,13H2,1-4H3. The molecule has 1 aromatic rings. The summed E-state index contributed by atoms with van der Waals surface area (Å²) in [6.45, 7) is 4.36. The van der Waals surface area contributed by atoms with Crippen LogP contribution in [0.1, 0.15) is 13.8 Å². The van der Waals surface area contributed by atoms with Crippen LogP contribution in [0.2, 0.25) is 0 Å². The highest BCUT2D eigenvalue weighted by Crippen LogP contribution is 2.36. The lowest BCUT2D eigenvalue weighted by Crippen LogP contribution is -2.30. The molecule has 0 atom stereocenters. The van der Waals surface area contributed by atoms with Crippen LogP contribution in [0.15, 0.2) is 17.0 Å². The van der Waals surface area contributed by atoms with Gasteiger partial charge in [0.25, 0.3) is 0 Å². The Hall–Kier alpha value is -1.47. The highest BCUT2D eigenvalue weighted by Gasteiger charge is 2.24. The molecular weight excluding hydrogens is 268 g/mol. The Kier molecular flexibility index (Phi) is 5.02. The summed E-state index contributed by atoms with van der Waals surface area (Å²) in [7, 11) is -0.677. The Morgan fingerprint density at radius 3 is 2.16 bits per heavy atom. The molecule has 0 aromatic heterocycles. The van der Waals surface area contributed by atoms with Crippen LogP contribution in [-0.4, -0.2) is 40.0 Å². The molecule has 0 heterocycles. The van der Waals surface area contributed by atoms with Gasteiger partial charge in [0.15, 0.2) is 11.5 Å². The average Bonchev–Trinajstić information content (AvgIpc) is 2.38. The topological polar surface area (TPSA) is 81.9 Å². The molecule has 2 N–H and O–H groups in total. The normalized spacial score (nSPS) is 11.6. The fraction of sp³-hybridized carbons (Fsp3) is 0.500. The van der Waals surface area contributed by atoms with Crippen LogP contribution in [0, 0.1) is 0 Å². The van der Waals surface area contributed by atoms with Gasteiger partial charge in [-0.2, -0.15) is 4.31 Å². The Labute approximate surface area is 114 Å². The first-order valence-electron chi connectivity index (χ1n) is 5.93. The molecule has 19 heavy (non-hydrogen) atoms. The van der Waals surface area contributed by atoms with Gasteiger partial charge >= 0.3 is 0 Å². The van der Waals surface area contributed by atoms with Crippen molar-refractivity contribution >= 4 is 15.7 Å². The van der Waals surface area contributed by atoms with E-state index in [4.69, 9.17) is 15.2 Å². The van der Waals surface area contributed by atoms with Gasteiger partial charge in [0.2, 0.25) is 10.0 Å². The molecule has 1 rings (SSSR count). The number of nitrogen functional groups attached to an aromatic ring is 1. The zero-order valence-corrected chi connectivity index (χ0v) is 12.5. The molecule has 1 aromatic carbocycles. The van der Waals surface area contributed by atoms with Gasteiger partial charge in [-0.15, -0.1) is 0 Å². The minimum absolute atomic E-state index is 0.103. The van der Waals surface area contributed by atoms with Crippen molar-refractivity contribution in [2.45, 2.75) is 18.7 Å². The van der Waals surface area contributed by atoms with Crippen molar-refractivity contribution in [1.29, 1.82) is 0 Å². The summed E-state index contributed by atoms with van der Waals surface area (Å²) in [4.78, 5) is 0.103. The van der Waals surface area contributed by atoms with E-state index in [2.05, 4.69) is 0 Å². The number of hydrogen-bond acceptors (Lipinski definition) is 5. The van der Waals surface area contributed by atoms with Crippen LogP contribution in [0.5, 0.6) is 11.5 Å². The van der Waals surface area contributed by atoms with Crippen molar-refractivity contribution < 1.29 is 17.9 Å². The molecule has 0 saturated carbocycles. The number of ether oxygens (including phenoxy) is 2. The van der Waals surface area contributed by atoms with Gasteiger partial charge < -0.3 is 15.2 Å². The predicted molar refractivity (Wildman–Crippen MR) is 74.1 cm³/mol. The molecule has 7 heteroatoms. The predicted octanol–water partition coefficient (Wildman–Crippen LogP) is 1.32. The minimum atomic E-state index is -3.56. The highest BCUT2D eigenvalue weighted by molar-refractivity contribution is 7.89. The summed E-state index contributed by atoms with van der Waals surface area (Å²) in [6.07, 6.45) is 0. The van der Waals surface area contributed by atoms with Crippen molar-refractivity contribution in [1.82, 2.24) is 4.31 Å². The number of nitrogens with zero attached hydrogens (tertiary/aromatic N) is 1. The second-order valence-corrected chi connectivity index (χ2v) is 5.78. The van der Waals surface area contributed by atoms with Crippen molar-refractivity contribution in [3.63, 3.8) is 0 Å². The van der Waals surface area contributed by atoms with Crippen LogP contribution in [0.4, 0.5) is 5.69 Å². The van der Waals surface area contributed by atoms with E-state index < -0.39 is 10.0 Å². The van der Waals surface area contributed by atoms with E-state index in [-0.39, 0.29) is 10.6 Å². The number of hydrogen-bond donors (Lipinski definition) is 1. The van der Waals surface area contributed by atoms with E-state index in [1.54, 1.807) is 13.8 Å². The fourth-order valence-electron chi connectivity index (χ4n) is 1.83. The van der Waals surface area contributed by atoms with E-state index in [0.717, 1.165) is 0 Å².